The molecule has 6 heteroatoms. The molecule has 1 atom stereocenters. The number of nitrogens with zero attached hydrogens (tertiary/aromatic N) is 5. The molecule has 0 saturated carbocycles. The minimum Gasteiger partial charge on any atom is -0.335 e. The zero-order valence-electron chi connectivity index (χ0n) is 11.2. The van der Waals surface area contributed by atoms with Crippen molar-refractivity contribution in [2.45, 2.75) is 19.4 Å². The molecule has 1 fully saturated rings. The molecular weight excluding hydrogens is 242 g/mol. The topological polar surface area (TPSA) is 56.0 Å². The fraction of sp³-hybridized carbons (Fsp3) is 0.462. The Hall–Kier alpha value is -2.11. The molecule has 1 aliphatic rings. The molecule has 1 amide bonds. The number of aryl methyl sites for hydroxylation is 2. The van der Waals surface area contributed by atoms with Crippen LogP contribution in [0.2, 0.25) is 0 Å². The standard InChI is InChI=1S/C13H17N5O/c1-10-8-12(15-16(10)2)13(19)17-7-4-11(9-17)18-6-3-5-14-18/h3,5-6,8,11H,4,7,9H2,1-2H3. The Morgan fingerprint density at radius 2 is 2.32 bits per heavy atom. The Labute approximate surface area is 111 Å². The number of hydrogen-bond donors (Lipinski definition) is 0. The predicted molar refractivity (Wildman–Crippen MR) is 69.7 cm³/mol. The molecule has 0 bridgehead atoms. The molecule has 6 nitrogen and oxygen atoms in total. The van der Waals surface area contributed by atoms with Gasteiger partial charge in [0.25, 0.3) is 5.91 Å². The lowest BCUT2D eigenvalue weighted by Gasteiger charge is -2.15. The zero-order valence-corrected chi connectivity index (χ0v) is 11.2. The normalized spacial score (nSPS) is 19.1. The Bertz CT molecular complexity index is 567. The summed E-state index contributed by atoms with van der Waals surface area (Å²) >= 11 is 0. The van der Waals surface area contributed by atoms with Crippen LogP contribution < -0.4 is 0 Å². The number of rotatable bonds is 2. The van der Waals surface area contributed by atoms with Crippen molar-refractivity contribution in [3.8, 4) is 0 Å². The van der Waals surface area contributed by atoms with Crippen LogP contribution in [0.15, 0.2) is 24.5 Å². The van der Waals surface area contributed by atoms with Crippen molar-refractivity contribution in [3.05, 3.63) is 35.9 Å². The molecule has 0 spiro atoms. The lowest BCUT2D eigenvalue weighted by molar-refractivity contribution is 0.0780. The maximum absolute atomic E-state index is 12.3. The van der Waals surface area contributed by atoms with Crippen LogP contribution in [-0.2, 0) is 7.05 Å². The molecule has 3 rings (SSSR count). The summed E-state index contributed by atoms with van der Waals surface area (Å²) < 4.78 is 3.66. The first kappa shape index (κ1) is 12.0. The van der Waals surface area contributed by atoms with E-state index in [1.807, 2.05) is 41.9 Å². The van der Waals surface area contributed by atoms with Crippen LogP contribution in [0.25, 0.3) is 0 Å². The molecule has 19 heavy (non-hydrogen) atoms. The van der Waals surface area contributed by atoms with E-state index in [0.717, 1.165) is 18.7 Å². The third-order valence-electron chi connectivity index (χ3n) is 3.68. The second-order valence-electron chi connectivity index (χ2n) is 4.97. The summed E-state index contributed by atoms with van der Waals surface area (Å²) in [5.41, 5.74) is 1.52. The van der Waals surface area contributed by atoms with E-state index in [9.17, 15) is 4.79 Å². The van der Waals surface area contributed by atoms with Gasteiger partial charge >= 0.3 is 0 Å². The van der Waals surface area contributed by atoms with Crippen molar-refractivity contribution in [3.63, 3.8) is 0 Å². The predicted octanol–water partition coefficient (Wildman–Crippen LogP) is 1.01. The van der Waals surface area contributed by atoms with Crippen LogP contribution in [0.3, 0.4) is 0 Å². The average molecular weight is 259 g/mol. The van der Waals surface area contributed by atoms with Crippen molar-refractivity contribution in [1.29, 1.82) is 0 Å². The monoisotopic (exact) mass is 259 g/mol. The van der Waals surface area contributed by atoms with E-state index in [2.05, 4.69) is 10.2 Å². The molecule has 2 aromatic rings. The Morgan fingerprint density at radius 1 is 1.47 bits per heavy atom. The SMILES string of the molecule is Cc1cc(C(=O)N2CCC(n3cccn3)C2)nn1C. The highest BCUT2D eigenvalue weighted by Gasteiger charge is 2.29. The lowest BCUT2D eigenvalue weighted by atomic mass is 10.3. The van der Waals surface area contributed by atoms with Crippen LogP contribution >= 0.6 is 0 Å². The highest BCUT2D eigenvalue weighted by molar-refractivity contribution is 5.92. The molecule has 1 aliphatic heterocycles. The van der Waals surface area contributed by atoms with E-state index >= 15 is 0 Å². The highest BCUT2D eigenvalue weighted by Crippen LogP contribution is 2.22. The van der Waals surface area contributed by atoms with Gasteiger partial charge in [-0.05, 0) is 25.5 Å². The molecule has 0 radical (unpaired) electrons. The maximum atomic E-state index is 12.3. The Kier molecular flexibility index (Phi) is 2.85. The van der Waals surface area contributed by atoms with Gasteiger partial charge < -0.3 is 4.90 Å². The first-order chi connectivity index (χ1) is 9.15. The van der Waals surface area contributed by atoms with Crippen LogP contribution in [0.5, 0.6) is 0 Å². The number of aromatic nitrogens is 4. The largest absolute Gasteiger partial charge is 0.335 e. The first-order valence-corrected chi connectivity index (χ1v) is 6.44. The van der Waals surface area contributed by atoms with Crippen LogP contribution in [-0.4, -0.2) is 43.5 Å². The Morgan fingerprint density at radius 3 is 2.95 bits per heavy atom. The van der Waals surface area contributed by atoms with Crippen LogP contribution in [0.4, 0.5) is 0 Å². The molecular formula is C13H17N5O. The van der Waals surface area contributed by atoms with Gasteiger partial charge in [-0.2, -0.15) is 10.2 Å². The molecule has 0 N–H and O–H groups in total. The maximum Gasteiger partial charge on any atom is 0.274 e. The summed E-state index contributed by atoms with van der Waals surface area (Å²) in [7, 11) is 1.85. The molecule has 0 aliphatic carbocycles. The van der Waals surface area contributed by atoms with E-state index in [1.165, 1.54) is 0 Å². The fourth-order valence-electron chi connectivity index (χ4n) is 2.47. The van der Waals surface area contributed by atoms with E-state index < -0.39 is 0 Å². The number of carbonyl (C=O) groups is 1. The van der Waals surface area contributed by atoms with E-state index in [0.29, 0.717) is 12.2 Å². The van der Waals surface area contributed by atoms with Crippen LogP contribution in [0, 0.1) is 6.92 Å². The number of carbonyl (C=O) groups excluding carboxylic acids is 1. The second kappa shape index (κ2) is 4.53. The van der Waals surface area contributed by atoms with Crippen molar-refractivity contribution in [1.82, 2.24) is 24.5 Å². The lowest BCUT2D eigenvalue weighted by Crippen LogP contribution is -2.29. The van der Waals surface area contributed by atoms with E-state index in [-0.39, 0.29) is 11.9 Å². The zero-order chi connectivity index (χ0) is 13.4. The van der Waals surface area contributed by atoms with Gasteiger partial charge in [0.15, 0.2) is 5.69 Å². The minimum atomic E-state index is 0.0124. The van der Waals surface area contributed by atoms with Crippen molar-refractivity contribution >= 4 is 5.91 Å². The fourth-order valence-corrected chi connectivity index (χ4v) is 2.47. The second-order valence-corrected chi connectivity index (χ2v) is 4.97. The summed E-state index contributed by atoms with van der Waals surface area (Å²) in [5.74, 6) is 0.0124. The van der Waals surface area contributed by atoms with Gasteiger partial charge in [0.05, 0.1) is 6.04 Å². The molecule has 1 unspecified atom stereocenters. The molecule has 100 valence electrons. The van der Waals surface area contributed by atoms with Gasteiger partial charge in [-0.15, -0.1) is 0 Å². The first-order valence-electron chi connectivity index (χ1n) is 6.44. The van der Waals surface area contributed by atoms with E-state index in [1.54, 1.807) is 10.9 Å². The van der Waals surface area contributed by atoms with Gasteiger partial charge in [0.2, 0.25) is 0 Å². The van der Waals surface area contributed by atoms with Crippen molar-refractivity contribution in [2.75, 3.05) is 13.1 Å². The number of amides is 1. The van der Waals surface area contributed by atoms with E-state index in [4.69, 9.17) is 0 Å². The number of hydrogen-bond acceptors (Lipinski definition) is 3. The third-order valence-corrected chi connectivity index (χ3v) is 3.68. The molecule has 3 heterocycles. The Balaban J connectivity index is 1.72. The quantitative estimate of drug-likeness (QED) is 0.809. The summed E-state index contributed by atoms with van der Waals surface area (Å²) in [6.07, 6.45) is 4.66. The summed E-state index contributed by atoms with van der Waals surface area (Å²) in [6.45, 7) is 3.41. The smallest absolute Gasteiger partial charge is 0.274 e. The summed E-state index contributed by atoms with van der Waals surface area (Å²) in [4.78, 5) is 14.2. The highest BCUT2D eigenvalue weighted by atomic mass is 16.2. The van der Waals surface area contributed by atoms with Crippen molar-refractivity contribution < 1.29 is 4.79 Å². The summed E-state index contributed by atoms with van der Waals surface area (Å²) in [5, 5.41) is 8.49. The van der Waals surface area contributed by atoms with Crippen LogP contribution in [0.1, 0.15) is 28.6 Å². The van der Waals surface area contributed by atoms with Gasteiger partial charge in [0, 0.05) is 38.2 Å². The molecule has 2 aromatic heterocycles. The van der Waals surface area contributed by atoms with Crippen molar-refractivity contribution in [2.24, 2.45) is 7.05 Å². The summed E-state index contributed by atoms with van der Waals surface area (Å²) in [6, 6.07) is 4.03. The van der Waals surface area contributed by atoms with Gasteiger partial charge in [-0.25, -0.2) is 0 Å². The number of likely N-dealkylation sites (tertiary alicyclic amines) is 1. The molecule has 0 aromatic carbocycles. The van der Waals surface area contributed by atoms with Gasteiger partial charge in [-0.3, -0.25) is 14.2 Å². The third kappa shape index (κ3) is 2.14. The van der Waals surface area contributed by atoms with Gasteiger partial charge in [-0.1, -0.05) is 0 Å². The van der Waals surface area contributed by atoms with Gasteiger partial charge in [0.1, 0.15) is 0 Å². The minimum absolute atomic E-state index is 0.0124. The molecule has 1 saturated heterocycles. The average Bonchev–Trinajstić information content (AvgIpc) is 3.09.